The topological polar surface area (TPSA) is 34.2 Å². The van der Waals surface area contributed by atoms with E-state index in [1.54, 1.807) is 0 Å². The van der Waals surface area contributed by atoms with E-state index < -0.39 is 0 Å². The number of rotatable bonds is 5. The number of aromatic nitrogens is 1. The Bertz CT molecular complexity index is 433. The van der Waals surface area contributed by atoms with Gasteiger partial charge in [0.15, 0.2) is 0 Å². The zero-order valence-corrected chi connectivity index (χ0v) is 13.3. The van der Waals surface area contributed by atoms with Crippen LogP contribution in [0.15, 0.2) is 12.3 Å². The molecule has 1 aromatic heterocycles. The van der Waals surface area contributed by atoms with Crippen molar-refractivity contribution in [2.45, 2.75) is 59.6 Å². The largest absolute Gasteiger partial charge is 0.490 e. The first kappa shape index (κ1) is 15.3. The van der Waals surface area contributed by atoms with Crippen LogP contribution in [0.25, 0.3) is 0 Å². The predicted molar refractivity (Wildman–Crippen MR) is 82.9 cm³/mol. The fourth-order valence-corrected chi connectivity index (χ4v) is 2.85. The molecule has 1 heterocycles. The van der Waals surface area contributed by atoms with Crippen LogP contribution in [-0.2, 0) is 6.54 Å². The maximum atomic E-state index is 6.30. The number of pyridine rings is 1. The van der Waals surface area contributed by atoms with Crippen molar-refractivity contribution >= 4 is 0 Å². The van der Waals surface area contributed by atoms with Crippen LogP contribution < -0.4 is 10.1 Å². The fourth-order valence-electron chi connectivity index (χ4n) is 2.85. The molecule has 3 atom stereocenters. The van der Waals surface area contributed by atoms with E-state index in [9.17, 15) is 0 Å². The van der Waals surface area contributed by atoms with Gasteiger partial charge in [0.1, 0.15) is 5.75 Å². The molecule has 112 valence electrons. The summed E-state index contributed by atoms with van der Waals surface area (Å²) in [4.78, 5) is 4.39. The van der Waals surface area contributed by atoms with Gasteiger partial charge in [0, 0.05) is 30.1 Å². The Labute approximate surface area is 123 Å². The van der Waals surface area contributed by atoms with Gasteiger partial charge in [-0.05, 0) is 44.6 Å². The Kier molecular flexibility index (Phi) is 5.41. The van der Waals surface area contributed by atoms with Crippen LogP contribution in [0.3, 0.4) is 0 Å². The van der Waals surface area contributed by atoms with E-state index in [1.807, 2.05) is 13.1 Å². The van der Waals surface area contributed by atoms with Gasteiger partial charge in [-0.25, -0.2) is 0 Å². The molecule has 0 aliphatic heterocycles. The standard InChI is InChI=1S/C17H28N2O/c1-5-18-10-15-11-19-14(4)9-17(15)20-16-7-6-12(2)13(3)8-16/h9,11-13,16,18H,5-8,10H2,1-4H3. The Morgan fingerprint density at radius 1 is 1.30 bits per heavy atom. The molecule has 1 fully saturated rings. The van der Waals surface area contributed by atoms with Gasteiger partial charge in [-0.3, -0.25) is 4.98 Å². The molecule has 0 saturated heterocycles. The second kappa shape index (κ2) is 7.07. The molecule has 1 aliphatic rings. The van der Waals surface area contributed by atoms with Crippen molar-refractivity contribution in [3.05, 3.63) is 23.5 Å². The molecule has 0 bridgehead atoms. The normalized spacial score (nSPS) is 26.5. The van der Waals surface area contributed by atoms with Gasteiger partial charge in [-0.15, -0.1) is 0 Å². The summed E-state index contributed by atoms with van der Waals surface area (Å²) in [5.41, 5.74) is 2.20. The Morgan fingerprint density at radius 3 is 2.80 bits per heavy atom. The van der Waals surface area contributed by atoms with E-state index in [-0.39, 0.29) is 0 Å². The minimum Gasteiger partial charge on any atom is -0.490 e. The lowest BCUT2D eigenvalue weighted by Crippen LogP contribution is -2.29. The number of ether oxygens (including phenoxy) is 1. The van der Waals surface area contributed by atoms with Gasteiger partial charge in [0.2, 0.25) is 0 Å². The third-order valence-corrected chi connectivity index (χ3v) is 4.49. The number of nitrogens with zero attached hydrogens (tertiary/aromatic N) is 1. The number of nitrogens with one attached hydrogen (secondary N) is 1. The molecule has 0 spiro atoms. The lowest BCUT2D eigenvalue weighted by Gasteiger charge is -2.32. The van der Waals surface area contributed by atoms with E-state index in [0.29, 0.717) is 6.10 Å². The van der Waals surface area contributed by atoms with Crippen molar-refractivity contribution in [2.75, 3.05) is 6.54 Å². The summed E-state index contributed by atoms with van der Waals surface area (Å²) in [6, 6.07) is 2.08. The molecule has 0 amide bonds. The highest BCUT2D eigenvalue weighted by atomic mass is 16.5. The SMILES string of the molecule is CCNCc1cnc(C)cc1OC1CCC(C)C(C)C1. The highest BCUT2D eigenvalue weighted by Crippen LogP contribution is 2.32. The van der Waals surface area contributed by atoms with E-state index in [0.717, 1.165) is 36.4 Å². The molecule has 0 radical (unpaired) electrons. The molecule has 20 heavy (non-hydrogen) atoms. The molecule has 1 saturated carbocycles. The van der Waals surface area contributed by atoms with Gasteiger partial charge >= 0.3 is 0 Å². The highest BCUT2D eigenvalue weighted by Gasteiger charge is 2.26. The second-order valence-electron chi connectivity index (χ2n) is 6.22. The van der Waals surface area contributed by atoms with Crippen molar-refractivity contribution in [2.24, 2.45) is 11.8 Å². The van der Waals surface area contributed by atoms with E-state index in [1.165, 1.54) is 24.8 Å². The summed E-state index contributed by atoms with van der Waals surface area (Å²) in [5, 5.41) is 3.36. The highest BCUT2D eigenvalue weighted by molar-refractivity contribution is 5.33. The lowest BCUT2D eigenvalue weighted by molar-refractivity contribution is 0.0994. The smallest absolute Gasteiger partial charge is 0.127 e. The van der Waals surface area contributed by atoms with E-state index >= 15 is 0 Å². The Balaban J connectivity index is 2.05. The van der Waals surface area contributed by atoms with Crippen LogP contribution in [0.5, 0.6) is 5.75 Å². The van der Waals surface area contributed by atoms with Crippen LogP contribution in [0, 0.1) is 18.8 Å². The summed E-state index contributed by atoms with van der Waals surface area (Å²) in [5.74, 6) is 2.61. The Morgan fingerprint density at radius 2 is 2.10 bits per heavy atom. The number of hydrogen-bond acceptors (Lipinski definition) is 3. The second-order valence-corrected chi connectivity index (χ2v) is 6.22. The van der Waals surface area contributed by atoms with Crippen molar-refractivity contribution in [3.63, 3.8) is 0 Å². The molecular weight excluding hydrogens is 248 g/mol. The molecule has 1 N–H and O–H groups in total. The minimum atomic E-state index is 0.364. The summed E-state index contributed by atoms with van der Waals surface area (Å²) < 4.78 is 6.30. The van der Waals surface area contributed by atoms with Crippen molar-refractivity contribution in [3.8, 4) is 5.75 Å². The first-order chi connectivity index (χ1) is 9.60. The predicted octanol–water partition coefficient (Wildman–Crippen LogP) is 3.70. The van der Waals surface area contributed by atoms with E-state index in [4.69, 9.17) is 4.74 Å². The molecule has 2 rings (SSSR count). The maximum absolute atomic E-state index is 6.30. The van der Waals surface area contributed by atoms with Gasteiger partial charge in [-0.1, -0.05) is 20.8 Å². The molecule has 3 nitrogen and oxygen atoms in total. The minimum absolute atomic E-state index is 0.364. The average molecular weight is 276 g/mol. The quantitative estimate of drug-likeness (QED) is 0.890. The summed E-state index contributed by atoms with van der Waals surface area (Å²) in [6.07, 6.45) is 5.93. The first-order valence-electron chi connectivity index (χ1n) is 7.93. The molecule has 0 aromatic carbocycles. The monoisotopic (exact) mass is 276 g/mol. The summed E-state index contributed by atoms with van der Waals surface area (Å²) in [6.45, 7) is 10.6. The van der Waals surface area contributed by atoms with Crippen LogP contribution >= 0.6 is 0 Å². The fraction of sp³-hybridized carbons (Fsp3) is 0.706. The van der Waals surface area contributed by atoms with Crippen LogP contribution in [0.4, 0.5) is 0 Å². The first-order valence-corrected chi connectivity index (χ1v) is 7.93. The third-order valence-electron chi connectivity index (χ3n) is 4.49. The summed E-state index contributed by atoms with van der Waals surface area (Å²) in [7, 11) is 0. The van der Waals surface area contributed by atoms with Crippen molar-refractivity contribution < 1.29 is 4.74 Å². The van der Waals surface area contributed by atoms with Crippen molar-refractivity contribution in [1.29, 1.82) is 0 Å². The van der Waals surface area contributed by atoms with Gasteiger partial charge in [0.05, 0.1) is 6.10 Å². The maximum Gasteiger partial charge on any atom is 0.127 e. The van der Waals surface area contributed by atoms with Gasteiger partial charge in [0.25, 0.3) is 0 Å². The molecule has 3 heteroatoms. The van der Waals surface area contributed by atoms with Gasteiger partial charge in [-0.2, -0.15) is 0 Å². The molecule has 1 aliphatic carbocycles. The number of aryl methyl sites for hydroxylation is 1. The van der Waals surface area contributed by atoms with Crippen LogP contribution in [0.1, 0.15) is 51.3 Å². The average Bonchev–Trinajstić information content (AvgIpc) is 2.42. The molecule has 3 unspecified atom stereocenters. The van der Waals surface area contributed by atoms with Crippen LogP contribution in [-0.4, -0.2) is 17.6 Å². The molecular formula is C17H28N2O. The zero-order chi connectivity index (χ0) is 14.5. The Hall–Kier alpha value is -1.09. The van der Waals surface area contributed by atoms with Gasteiger partial charge < -0.3 is 10.1 Å². The third kappa shape index (κ3) is 3.95. The lowest BCUT2D eigenvalue weighted by atomic mass is 9.80. The van der Waals surface area contributed by atoms with Crippen molar-refractivity contribution in [1.82, 2.24) is 10.3 Å². The van der Waals surface area contributed by atoms with Crippen LogP contribution in [0.2, 0.25) is 0 Å². The zero-order valence-electron chi connectivity index (χ0n) is 13.3. The summed E-state index contributed by atoms with van der Waals surface area (Å²) >= 11 is 0. The molecule has 1 aromatic rings. The van der Waals surface area contributed by atoms with E-state index in [2.05, 4.69) is 37.1 Å². The number of hydrogen-bond donors (Lipinski definition) is 1.